The van der Waals surface area contributed by atoms with Crippen LogP contribution >= 0.6 is 0 Å². The second-order valence-corrected chi connectivity index (χ2v) is 8.19. The Hall–Kier alpha value is -1.70. The smallest absolute Gasteiger partial charge is 0.236 e. The molecule has 0 aromatic heterocycles. The second-order valence-electron chi connectivity index (χ2n) is 6.37. The first-order valence-electron chi connectivity index (χ1n) is 8.66. The minimum atomic E-state index is -3.46. The van der Waals surface area contributed by atoms with Crippen LogP contribution < -0.4 is 0 Å². The van der Waals surface area contributed by atoms with Crippen molar-refractivity contribution in [3.05, 3.63) is 41.3 Å². The zero-order chi connectivity index (χ0) is 17.7. The van der Waals surface area contributed by atoms with Crippen LogP contribution in [0.1, 0.15) is 18.4 Å². The number of carbonyl (C=O) groups is 1. The molecule has 0 spiro atoms. The van der Waals surface area contributed by atoms with Gasteiger partial charge in [-0.1, -0.05) is 30.3 Å². The molecule has 0 N–H and O–H groups in total. The normalized spacial score (nSPS) is 20.9. The van der Waals surface area contributed by atoms with E-state index < -0.39 is 10.0 Å². The summed E-state index contributed by atoms with van der Waals surface area (Å²) in [5, 5.41) is 1.25. The van der Waals surface area contributed by atoms with Crippen LogP contribution in [-0.4, -0.2) is 62.9 Å². The van der Waals surface area contributed by atoms with E-state index in [9.17, 15) is 13.2 Å². The summed E-state index contributed by atoms with van der Waals surface area (Å²) in [5.41, 5.74) is 0.847. The molecule has 0 aliphatic carbocycles. The summed E-state index contributed by atoms with van der Waals surface area (Å²) >= 11 is 0. The van der Waals surface area contributed by atoms with Crippen molar-refractivity contribution in [3.8, 4) is 0 Å². The zero-order valence-corrected chi connectivity index (χ0v) is 15.0. The molecule has 6 nitrogen and oxygen atoms in total. The van der Waals surface area contributed by atoms with Crippen LogP contribution in [0.2, 0.25) is 0 Å². The lowest BCUT2D eigenvalue weighted by molar-refractivity contribution is -0.139. The van der Waals surface area contributed by atoms with Gasteiger partial charge in [-0.05, 0) is 24.5 Å². The number of benzene rings is 1. The summed E-state index contributed by atoms with van der Waals surface area (Å²) in [6.07, 6.45) is 3.13. The quantitative estimate of drug-likeness (QED) is 0.813. The van der Waals surface area contributed by atoms with Crippen LogP contribution in [-0.2, 0) is 19.6 Å². The molecule has 1 aromatic rings. The Labute approximate surface area is 149 Å². The predicted octanol–water partition coefficient (Wildman–Crippen LogP) is 1.56. The standard InChI is InChI=1S/C18H24N2O4S/c21-18(17-6-13-24-14-7-17)19-9-11-20(12-10-19)25(22,23)15-8-16-4-2-1-3-5-16/h1-5,8,15,17H,6-7,9-14H2/b15-8+. The Morgan fingerprint density at radius 2 is 1.68 bits per heavy atom. The van der Waals surface area contributed by atoms with Gasteiger partial charge in [0.15, 0.2) is 0 Å². The molecular formula is C18H24N2O4S. The second kappa shape index (κ2) is 8.12. The highest BCUT2D eigenvalue weighted by atomic mass is 32.2. The lowest BCUT2D eigenvalue weighted by Gasteiger charge is -2.36. The van der Waals surface area contributed by atoms with E-state index >= 15 is 0 Å². The molecule has 0 saturated carbocycles. The highest BCUT2D eigenvalue weighted by Crippen LogP contribution is 2.19. The maximum Gasteiger partial charge on any atom is 0.236 e. The topological polar surface area (TPSA) is 66.9 Å². The Morgan fingerprint density at radius 1 is 1.04 bits per heavy atom. The van der Waals surface area contributed by atoms with Gasteiger partial charge in [0.1, 0.15) is 0 Å². The maximum absolute atomic E-state index is 12.5. The number of hydrogen-bond donors (Lipinski definition) is 0. The summed E-state index contributed by atoms with van der Waals surface area (Å²) in [7, 11) is -3.46. The molecule has 1 aromatic carbocycles. The fraction of sp³-hybridized carbons (Fsp3) is 0.500. The van der Waals surface area contributed by atoms with Gasteiger partial charge in [-0.15, -0.1) is 0 Å². The Bertz CT molecular complexity index is 704. The fourth-order valence-electron chi connectivity index (χ4n) is 3.18. The number of carbonyl (C=O) groups excluding carboxylic acids is 1. The monoisotopic (exact) mass is 364 g/mol. The molecule has 2 heterocycles. The van der Waals surface area contributed by atoms with Crippen molar-refractivity contribution >= 4 is 22.0 Å². The molecular weight excluding hydrogens is 340 g/mol. The molecule has 3 rings (SSSR count). The van der Waals surface area contributed by atoms with E-state index in [2.05, 4.69) is 0 Å². The molecule has 7 heteroatoms. The summed E-state index contributed by atoms with van der Waals surface area (Å²) in [4.78, 5) is 14.3. The van der Waals surface area contributed by atoms with Gasteiger partial charge in [0, 0.05) is 50.7 Å². The van der Waals surface area contributed by atoms with E-state index in [4.69, 9.17) is 4.74 Å². The van der Waals surface area contributed by atoms with Crippen molar-refractivity contribution in [2.75, 3.05) is 39.4 Å². The SMILES string of the molecule is O=C(C1CCOCC1)N1CCN(S(=O)(=O)/C=C/c2ccccc2)CC1. The average Bonchev–Trinajstić information content (AvgIpc) is 2.67. The van der Waals surface area contributed by atoms with Crippen LogP contribution in [0.3, 0.4) is 0 Å². The highest BCUT2D eigenvalue weighted by molar-refractivity contribution is 7.92. The van der Waals surface area contributed by atoms with Gasteiger partial charge in [0.2, 0.25) is 15.9 Å². The maximum atomic E-state index is 12.5. The van der Waals surface area contributed by atoms with E-state index in [0.717, 1.165) is 18.4 Å². The summed E-state index contributed by atoms with van der Waals surface area (Å²) < 4.78 is 31.7. The fourth-order valence-corrected chi connectivity index (χ4v) is 4.35. The number of rotatable bonds is 4. The van der Waals surface area contributed by atoms with Crippen LogP contribution in [0.5, 0.6) is 0 Å². The molecule has 0 atom stereocenters. The molecule has 2 aliphatic heterocycles. The summed E-state index contributed by atoms with van der Waals surface area (Å²) in [6.45, 7) is 2.86. The minimum absolute atomic E-state index is 0.0230. The van der Waals surface area contributed by atoms with Gasteiger partial charge in [-0.25, -0.2) is 8.42 Å². The zero-order valence-electron chi connectivity index (χ0n) is 14.2. The first-order chi connectivity index (χ1) is 12.1. The van der Waals surface area contributed by atoms with Crippen LogP contribution in [0.4, 0.5) is 0 Å². The first kappa shape index (κ1) is 18.1. The number of nitrogens with zero attached hydrogens (tertiary/aromatic N) is 2. The molecule has 2 fully saturated rings. The van der Waals surface area contributed by atoms with Gasteiger partial charge in [0.05, 0.1) is 0 Å². The Balaban J connectivity index is 1.56. The van der Waals surface area contributed by atoms with Gasteiger partial charge in [-0.2, -0.15) is 4.31 Å². The van der Waals surface area contributed by atoms with E-state index in [-0.39, 0.29) is 11.8 Å². The number of ether oxygens (including phenoxy) is 1. The van der Waals surface area contributed by atoms with Gasteiger partial charge in [-0.3, -0.25) is 4.79 Å². The van der Waals surface area contributed by atoms with E-state index in [0.29, 0.717) is 39.4 Å². The van der Waals surface area contributed by atoms with Gasteiger partial charge < -0.3 is 9.64 Å². The molecule has 0 bridgehead atoms. The van der Waals surface area contributed by atoms with Crippen LogP contribution in [0.25, 0.3) is 6.08 Å². The minimum Gasteiger partial charge on any atom is -0.381 e. The molecule has 1 amide bonds. The third-order valence-electron chi connectivity index (χ3n) is 4.71. The molecule has 0 radical (unpaired) electrons. The summed E-state index contributed by atoms with van der Waals surface area (Å²) in [5.74, 6) is 0.162. The molecule has 0 unspecified atom stereocenters. The van der Waals surface area contributed by atoms with Crippen molar-refractivity contribution < 1.29 is 17.9 Å². The molecule has 136 valence electrons. The van der Waals surface area contributed by atoms with Crippen molar-refractivity contribution in [1.82, 2.24) is 9.21 Å². The molecule has 2 saturated heterocycles. The van der Waals surface area contributed by atoms with Crippen molar-refractivity contribution in [3.63, 3.8) is 0 Å². The molecule has 25 heavy (non-hydrogen) atoms. The largest absolute Gasteiger partial charge is 0.381 e. The van der Waals surface area contributed by atoms with Crippen LogP contribution in [0.15, 0.2) is 35.7 Å². The van der Waals surface area contributed by atoms with E-state index in [1.54, 1.807) is 11.0 Å². The van der Waals surface area contributed by atoms with Crippen molar-refractivity contribution in [2.24, 2.45) is 5.92 Å². The first-order valence-corrected chi connectivity index (χ1v) is 10.2. The van der Waals surface area contributed by atoms with Gasteiger partial charge >= 0.3 is 0 Å². The lowest BCUT2D eigenvalue weighted by atomic mass is 9.98. The predicted molar refractivity (Wildman–Crippen MR) is 96.1 cm³/mol. The number of hydrogen-bond acceptors (Lipinski definition) is 4. The lowest BCUT2D eigenvalue weighted by Crippen LogP contribution is -2.51. The Kier molecular flexibility index (Phi) is 5.88. The van der Waals surface area contributed by atoms with Gasteiger partial charge in [0.25, 0.3) is 0 Å². The highest BCUT2D eigenvalue weighted by Gasteiger charge is 2.31. The third-order valence-corrected chi connectivity index (χ3v) is 6.28. The number of sulfonamides is 1. The average molecular weight is 364 g/mol. The number of amides is 1. The molecule has 2 aliphatic rings. The van der Waals surface area contributed by atoms with Crippen LogP contribution in [0, 0.1) is 5.92 Å². The summed E-state index contributed by atoms with van der Waals surface area (Å²) in [6, 6.07) is 9.34. The van der Waals surface area contributed by atoms with E-state index in [1.165, 1.54) is 9.71 Å². The Morgan fingerprint density at radius 3 is 2.32 bits per heavy atom. The third kappa shape index (κ3) is 4.68. The van der Waals surface area contributed by atoms with E-state index in [1.807, 2.05) is 30.3 Å². The number of piperazine rings is 1. The van der Waals surface area contributed by atoms with Crippen molar-refractivity contribution in [1.29, 1.82) is 0 Å². The van der Waals surface area contributed by atoms with Crippen molar-refractivity contribution in [2.45, 2.75) is 12.8 Å².